The van der Waals surface area contributed by atoms with Crippen molar-refractivity contribution in [3.63, 3.8) is 0 Å². The van der Waals surface area contributed by atoms with Crippen LogP contribution in [0.3, 0.4) is 0 Å². The van der Waals surface area contributed by atoms with Crippen LogP contribution < -0.4 is 11.1 Å². The molecule has 1 rings (SSSR count). The highest BCUT2D eigenvalue weighted by Crippen LogP contribution is 2.27. The Morgan fingerprint density at radius 3 is 2.23 bits per heavy atom. The van der Waals surface area contributed by atoms with Gasteiger partial charge in [-0.15, -0.1) is 0 Å². The van der Waals surface area contributed by atoms with Gasteiger partial charge in [-0.2, -0.15) is 0 Å². The van der Waals surface area contributed by atoms with Crippen LogP contribution in [-0.4, -0.2) is 37.4 Å². The molecular formula is C17H27N3O2. The number of benzene rings is 1. The second kappa shape index (κ2) is 7.40. The molecular weight excluding hydrogens is 278 g/mol. The highest BCUT2D eigenvalue weighted by Gasteiger charge is 2.33. The molecule has 2 amide bonds. The van der Waals surface area contributed by atoms with E-state index in [2.05, 4.69) is 5.32 Å². The molecule has 0 aliphatic heterocycles. The van der Waals surface area contributed by atoms with Gasteiger partial charge in [0, 0.05) is 31.9 Å². The van der Waals surface area contributed by atoms with Crippen LogP contribution >= 0.6 is 0 Å². The molecule has 5 nitrogen and oxygen atoms in total. The van der Waals surface area contributed by atoms with Crippen molar-refractivity contribution >= 4 is 17.5 Å². The monoisotopic (exact) mass is 305 g/mol. The first kappa shape index (κ1) is 18.2. The Bertz CT molecular complexity index is 541. The minimum absolute atomic E-state index is 0.0474. The van der Waals surface area contributed by atoms with E-state index in [1.165, 1.54) is 4.90 Å². The number of hydrogen-bond acceptors (Lipinski definition) is 3. The maximum Gasteiger partial charge on any atom is 0.253 e. The predicted molar refractivity (Wildman–Crippen MR) is 89.9 cm³/mol. The van der Waals surface area contributed by atoms with Crippen molar-refractivity contribution in [2.45, 2.75) is 33.6 Å². The van der Waals surface area contributed by atoms with Crippen molar-refractivity contribution < 1.29 is 9.59 Å². The SMILES string of the molecule is CCC(CC)(CN)C(=O)Nc1ccc(C(=O)N(C)C)c(C)c1. The second-order valence-electron chi connectivity index (χ2n) is 5.87. The summed E-state index contributed by atoms with van der Waals surface area (Å²) in [6.07, 6.45) is 1.39. The van der Waals surface area contributed by atoms with Gasteiger partial charge in [-0.25, -0.2) is 0 Å². The number of hydrogen-bond donors (Lipinski definition) is 2. The maximum absolute atomic E-state index is 12.5. The summed E-state index contributed by atoms with van der Waals surface area (Å²) in [5.41, 5.74) is 7.43. The highest BCUT2D eigenvalue weighted by atomic mass is 16.2. The fourth-order valence-electron chi connectivity index (χ4n) is 2.44. The van der Waals surface area contributed by atoms with Crippen molar-refractivity contribution in [1.82, 2.24) is 4.90 Å². The molecule has 122 valence electrons. The molecule has 0 aliphatic carbocycles. The van der Waals surface area contributed by atoms with Crippen LogP contribution in [0.4, 0.5) is 5.69 Å². The van der Waals surface area contributed by atoms with E-state index in [-0.39, 0.29) is 11.8 Å². The normalized spacial score (nSPS) is 11.2. The van der Waals surface area contributed by atoms with Crippen molar-refractivity contribution in [3.8, 4) is 0 Å². The Hall–Kier alpha value is -1.88. The molecule has 0 heterocycles. The first-order valence-corrected chi connectivity index (χ1v) is 7.65. The van der Waals surface area contributed by atoms with Crippen LogP contribution in [0.1, 0.15) is 42.6 Å². The molecule has 1 aromatic carbocycles. The number of rotatable bonds is 6. The Morgan fingerprint density at radius 2 is 1.82 bits per heavy atom. The molecule has 0 atom stereocenters. The molecule has 0 saturated carbocycles. The quantitative estimate of drug-likeness (QED) is 0.847. The van der Waals surface area contributed by atoms with E-state index in [4.69, 9.17) is 5.73 Å². The lowest BCUT2D eigenvalue weighted by Gasteiger charge is -2.28. The molecule has 22 heavy (non-hydrogen) atoms. The Morgan fingerprint density at radius 1 is 1.23 bits per heavy atom. The minimum atomic E-state index is -0.536. The first-order valence-electron chi connectivity index (χ1n) is 7.65. The molecule has 0 bridgehead atoms. The van der Waals surface area contributed by atoms with E-state index in [9.17, 15) is 9.59 Å². The van der Waals surface area contributed by atoms with Gasteiger partial charge >= 0.3 is 0 Å². The lowest BCUT2D eigenvalue weighted by Crippen LogP contribution is -2.41. The minimum Gasteiger partial charge on any atom is -0.345 e. The van der Waals surface area contributed by atoms with Gasteiger partial charge < -0.3 is 16.0 Å². The number of nitrogens with two attached hydrogens (primary N) is 1. The van der Waals surface area contributed by atoms with Gasteiger partial charge in [-0.05, 0) is 43.5 Å². The summed E-state index contributed by atoms with van der Waals surface area (Å²) in [5, 5.41) is 2.93. The molecule has 0 aromatic heterocycles. The van der Waals surface area contributed by atoms with Crippen LogP contribution in [0.25, 0.3) is 0 Å². The largest absolute Gasteiger partial charge is 0.345 e. The van der Waals surface area contributed by atoms with E-state index >= 15 is 0 Å². The molecule has 1 aromatic rings. The lowest BCUT2D eigenvalue weighted by molar-refractivity contribution is -0.125. The topological polar surface area (TPSA) is 75.4 Å². The van der Waals surface area contributed by atoms with Gasteiger partial charge in [0.25, 0.3) is 5.91 Å². The fourth-order valence-corrected chi connectivity index (χ4v) is 2.44. The zero-order chi connectivity index (χ0) is 16.9. The van der Waals surface area contributed by atoms with Gasteiger partial charge in [0.05, 0.1) is 5.41 Å². The van der Waals surface area contributed by atoms with Crippen molar-refractivity contribution in [2.24, 2.45) is 11.1 Å². The van der Waals surface area contributed by atoms with E-state index < -0.39 is 5.41 Å². The highest BCUT2D eigenvalue weighted by molar-refractivity contribution is 5.98. The van der Waals surface area contributed by atoms with Crippen LogP contribution in [0.5, 0.6) is 0 Å². The summed E-state index contributed by atoms with van der Waals surface area (Å²) in [6, 6.07) is 5.32. The second-order valence-corrected chi connectivity index (χ2v) is 5.87. The Labute approximate surface area is 132 Å². The average Bonchev–Trinajstić information content (AvgIpc) is 2.49. The summed E-state index contributed by atoms with van der Waals surface area (Å²) in [7, 11) is 3.44. The van der Waals surface area contributed by atoms with E-state index in [1.807, 2.05) is 26.8 Å². The predicted octanol–water partition coefficient (Wildman–Crippen LogP) is 2.40. The summed E-state index contributed by atoms with van der Waals surface area (Å²) in [6.45, 7) is 6.13. The molecule has 0 saturated heterocycles. The summed E-state index contributed by atoms with van der Waals surface area (Å²) in [4.78, 5) is 26.1. The fraction of sp³-hybridized carbons (Fsp3) is 0.529. The number of carbonyl (C=O) groups is 2. The smallest absolute Gasteiger partial charge is 0.253 e. The van der Waals surface area contributed by atoms with Gasteiger partial charge in [0.1, 0.15) is 0 Å². The number of aryl methyl sites for hydroxylation is 1. The standard InChI is InChI=1S/C17H27N3O2/c1-6-17(7-2,11-18)16(22)19-13-8-9-14(12(3)10-13)15(21)20(4)5/h8-10H,6-7,11,18H2,1-5H3,(H,19,22). The lowest BCUT2D eigenvalue weighted by atomic mass is 9.81. The molecule has 0 aliphatic rings. The van der Waals surface area contributed by atoms with Crippen LogP contribution in [0, 0.1) is 12.3 Å². The number of carbonyl (C=O) groups excluding carboxylic acids is 2. The maximum atomic E-state index is 12.5. The zero-order valence-electron chi connectivity index (χ0n) is 14.2. The van der Waals surface area contributed by atoms with Gasteiger partial charge in [0.2, 0.25) is 5.91 Å². The molecule has 3 N–H and O–H groups in total. The number of nitrogens with zero attached hydrogens (tertiary/aromatic N) is 1. The summed E-state index contributed by atoms with van der Waals surface area (Å²) < 4.78 is 0. The third-order valence-corrected chi connectivity index (χ3v) is 4.35. The van der Waals surface area contributed by atoms with E-state index in [0.29, 0.717) is 30.6 Å². The third kappa shape index (κ3) is 3.65. The number of nitrogens with one attached hydrogen (secondary N) is 1. The molecule has 0 unspecified atom stereocenters. The first-order chi connectivity index (χ1) is 10.3. The molecule has 0 spiro atoms. The third-order valence-electron chi connectivity index (χ3n) is 4.35. The summed E-state index contributed by atoms with van der Waals surface area (Å²) >= 11 is 0. The molecule has 0 fully saturated rings. The van der Waals surface area contributed by atoms with Gasteiger partial charge in [-0.3, -0.25) is 9.59 Å². The van der Waals surface area contributed by atoms with Crippen molar-refractivity contribution in [2.75, 3.05) is 26.0 Å². The Balaban J connectivity index is 2.99. The van der Waals surface area contributed by atoms with Crippen molar-refractivity contribution in [1.29, 1.82) is 0 Å². The van der Waals surface area contributed by atoms with Crippen LogP contribution in [0.2, 0.25) is 0 Å². The van der Waals surface area contributed by atoms with E-state index in [0.717, 1.165) is 5.56 Å². The number of amides is 2. The van der Waals surface area contributed by atoms with Crippen LogP contribution in [0.15, 0.2) is 18.2 Å². The van der Waals surface area contributed by atoms with Gasteiger partial charge in [0.15, 0.2) is 0 Å². The average molecular weight is 305 g/mol. The van der Waals surface area contributed by atoms with E-state index in [1.54, 1.807) is 26.2 Å². The molecule has 0 radical (unpaired) electrons. The van der Waals surface area contributed by atoms with Gasteiger partial charge in [-0.1, -0.05) is 13.8 Å². The zero-order valence-corrected chi connectivity index (χ0v) is 14.2. The van der Waals surface area contributed by atoms with Crippen molar-refractivity contribution in [3.05, 3.63) is 29.3 Å². The number of anilines is 1. The molecule has 5 heteroatoms. The van der Waals surface area contributed by atoms with Crippen LogP contribution in [-0.2, 0) is 4.79 Å². The summed E-state index contributed by atoms with van der Waals surface area (Å²) in [5.74, 6) is -0.111. The Kier molecular flexibility index (Phi) is 6.11.